The largest absolute Gasteiger partial charge is 0.459 e. The molecule has 2 atom stereocenters. The van der Waals surface area contributed by atoms with E-state index in [0.29, 0.717) is 12.5 Å². The molecule has 0 saturated carbocycles. The summed E-state index contributed by atoms with van der Waals surface area (Å²) in [4.78, 5) is 0. The van der Waals surface area contributed by atoms with E-state index in [1.165, 1.54) is 0 Å². The third kappa shape index (κ3) is 3.82. The number of para-hydroxylation sites is 1. The van der Waals surface area contributed by atoms with Crippen LogP contribution in [0.25, 0.3) is 11.0 Å². The molecule has 2 rings (SSSR count). The number of benzene rings is 1. The molecule has 0 aliphatic heterocycles. The number of furan rings is 1. The maximum atomic E-state index is 6.12. The Bertz CT molecular complexity index is 485. The quantitative estimate of drug-likeness (QED) is 0.858. The lowest BCUT2D eigenvalue weighted by molar-refractivity contribution is 0.0403. The molecule has 0 spiro atoms. The summed E-state index contributed by atoms with van der Waals surface area (Å²) >= 11 is 0. The molecule has 1 heterocycles. The number of hydrogen-bond acceptors (Lipinski definition) is 3. The standard InChI is InChI=1S/C16H23NO2/c1-11(2)8-12(3)18-10-14(17)16-9-13-6-4-5-7-15(13)19-16/h4-7,9,11-12,14H,8,10,17H2,1-3H3. The first-order valence-corrected chi connectivity index (χ1v) is 6.92. The summed E-state index contributed by atoms with van der Waals surface area (Å²) in [6, 6.07) is 9.72. The molecule has 3 nitrogen and oxygen atoms in total. The van der Waals surface area contributed by atoms with Crippen molar-refractivity contribution < 1.29 is 9.15 Å². The smallest absolute Gasteiger partial charge is 0.134 e. The van der Waals surface area contributed by atoms with Crippen molar-refractivity contribution in [3.05, 3.63) is 36.1 Å². The van der Waals surface area contributed by atoms with Gasteiger partial charge >= 0.3 is 0 Å². The molecular weight excluding hydrogens is 238 g/mol. The van der Waals surface area contributed by atoms with E-state index >= 15 is 0 Å². The fourth-order valence-corrected chi connectivity index (χ4v) is 2.27. The molecule has 0 fully saturated rings. The summed E-state index contributed by atoms with van der Waals surface area (Å²) in [6.45, 7) is 6.97. The maximum Gasteiger partial charge on any atom is 0.134 e. The zero-order valence-electron chi connectivity index (χ0n) is 11.9. The van der Waals surface area contributed by atoms with Crippen LogP contribution in [0.15, 0.2) is 34.7 Å². The molecule has 0 saturated heterocycles. The Hall–Kier alpha value is -1.32. The molecule has 0 amide bonds. The van der Waals surface area contributed by atoms with Gasteiger partial charge in [0, 0.05) is 5.39 Å². The molecule has 1 aromatic carbocycles. The Morgan fingerprint density at radius 1 is 1.21 bits per heavy atom. The third-order valence-electron chi connectivity index (χ3n) is 3.17. The predicted molar refractivity (Wildman–Crippen MR) is 78.0 cm³/mol. The molecule has 0 radical (unpaired) electrons. The lowest BCUT2D eigenvalue weighted by atomic mass is 10.1. The van der Waals surface area contributed by atoms with E-state index in [1.807, 2.05) is 30.3 Å². The van der Waals surface area contributed by atoms with Gasteiger partial charge in [-0.15, -0.1) is 0 Å². The fourth-order valence-electron chi connectivity index (χ4n) is 2.27. The Morgan fingerprint density at radius 3 is 2.63 bits per heavy atom. The van der Waals surface area contributed by atoms with Gasteiger partial charge in [0.15, 0.2) is 0 Å². The Balaban J connectivity index is 1.94. The van der Waals surface area contributed by atoms with E-state index in [4.69, 9.17) is 14.9 Å². The summed E-state index contributed by atoms with van der Waals surface area (Å²) in [6.07, 6.45) is 1.28. The molecule has 2 aromatic rings. The van der Waals surface area contributed by atoms with Gasteiger partial charge in [-0.2, -0.15) is 0 Å². The van der Waals surface area contributed by atoms with Crippen LogP contribution >= 0.6 is 0 Å². The maximum absolute atomic E-state index is 6.12. The molecular formula is C16H23NO2. The molecule has 19 heavy (non-hydrogen) atoms. The van der Waals surface area contributed by atoms with Gasteiger partial charge < -0.3 is 14.9 Å². The Labute approximate surface area is 114 Å². The summed E-state index contributed by atoms with van der Waals surface area (Å²) in [5.41, 5.74) is 7.00. The molecule has 0 bridgehead atoms. The molecule has 2 unspecified atom stereocenters. The van der Waals surface area contributed by atoms with Gasteiger partial charge in [-0.3, -0.25) is 0 Å². The lowest BCUT2D eigenvalue weighted by Crippen LogP contribution is -2.21. The predicted octanol–water partition coefficient (Wildman–Crippen LogP) is 3.88. The first kappa shape index (κ1) is 14.1. The molecule has 104 valence electrons. The Kier molecular flexibility index (Phi) is 4.61. The number of fused-ring (bicyclic) bond motifs is 1. The van der Waals surface area contributed by atoms with Crippen LogP contribution in [0.2, 0.25) is 0 Å². The van der Waals surface area contributed by atoms with E-state index in [0.717, 1.165) is 23.2 Å². The van der Waals surface area contributed by atoms with Crippen LogP contribution in [-0.2, 0) is 4.74 Å². The Morgan fingerprint density at radius 2 is 1.95 bits per heavy atom. The zero-order chi connectivity index (χ0) is 13.8. The summed E-state index contributed by atoms with van der Waals surface area (Å²) in [7, 11) is 0. The van der Waals surface area contributed by atoms with Crippen LogP contribution in [-0.4, -0.2) is 12.7 Å². The lowest BCUT2D eigenvalue weighted by Gasteiger charge is -2.17. The van der Waals surface area contributed by atoms with Crippen molar-refractivity contribution in [2.75, 3.05) is 6.61 Å². The van der Waals surface area contributed by atoms with Crippen molar-refractivity contribution in [3.8, 4) is 0 Å². The minimum atomic E-state index is -0.206. The van der Waals surface area contributed by atoms with Crippen molar-refractivity contribution >= 4 is 11.0 Å². The molecule has 2 N–H and O–H groups in total. The molecule has 0 aliphatic rings. The normalized spacial score (nSPS) is 15.0. The van der Waals surface area contributed by atoms with Gasteiger partial charge in [-0.05, 0) is 31.4 Å². The average Bonchev–Trinajstić information content (AvgIpc) is 2.78. The first-order valence-electron chi connectivity index (χ1n) is 6.92. The highest BCUT2D eigenvalue weighted by Gasteiger charge is 2.14. The van der Waals surface area contributed by atoms with Gasteiger partial charge in [0.25, 0.3) is 0 Å². The van der Waals surface area contributed by atoms with Crippen LogP contribution in [0.1, 0.15) is 39.0 Å². The second-order valence-corrected chi connectivity index (χ2v) is 5.57. The van der Waals surface area contributed by atoms with Crippen molar-refractivity contribution in [3.63, 3.8) is 0 Å². The van der Waals surface area contributed by atoms with Crippen LogP contribution in [0, 0.1) is 5.92 Å². The van der Waals surface area contributed by atoms with Crippen LogP contribution in [0.5, 0.6) is 0 Å². The monoisotopic (exact) mass is 261 g/mol. The van der Waals surface area contributed by atoms with E-state index in [9.17, 15) is 0 Å². The second kappa shape index (κ2) is 6.22. The van der Waals surface area contributed by atoms with Gasteiger partial charge in [-0.25, -0.2) is 0 Å². The molecule has 3 heteroatoms. The number of nitrogens with two attached hydrogens (primary N) is 1. The van der Waals surface area contributed by atoms with Crippen molar-refractivity contribution in [2.45, 2.75) is 39.3 Å². The van der Waals surface area contributed by atoms with Crippen LogP contribution < -0.4 is 5.73 Å². The molecule has 0 aliphatic carbocycles. The zero-order valence-corrected chi connectivity index (χ0v) is 11.9. The SMILES string of the molecule is CC(C)CC(C)OCC(N)c1cc2ccccc2o1. The van der Waals surface area contributed by atoms with E-state index in [-0.39, 0.29) is 12.1 Å². The average molecular weight is 261 g/mol. The first-order chi connectivity index (χ1) is 9.06. The van der Waals surface area contributed by atoms with Crippen LogP contribution in [0.4, 0.5) is 0 Å². The van der Waals surface area contributed by atoms with E-state index < -0.39 is 0 Å². The van der Waals surface area contributed by atoms with Gasteiger partial charge in [0.2, 0.25) is 0 Å². The summed E-state index contributed by atoms with van der Waals surface area (Å²) in [5, 5.41) is 1.09. The van der Waals surface area contributed by atoms with Gasteiger partial charge in [-0.1, -0.05) is 32.0 Å². The minimum Gasteiger partial charge on any atom is -0.459 e. The highest BCUT2D eigenvalue weighted by molar-refractivity contribution is 5.77. The second-order valence-electron chi connectivity index (χ2n) is 5.57. The van der Waals surface area contributed by atoms with Crippen molar-refractivity contribution in [1.29, 1.82) is 0 Å². The third-order valence-corrected chi connectivity index (χ3v) is 3.17. The number of ether oxygens (including phenoxy) is 1. The van der Waals surface area contributed by atoms with Crippen molar-refractivity contribution in [2.24, 2.45) is 11.7 Å². The minimum absolute atomic E-state index is 0.206. The highest BCUT2D eigenvalue weighted by atomic mass is 16.5. The number of hydrogen-bond donors (Lipinski definition) is 1. The highest BCUT2D eigenvalue weighted by Crippen LogP contribution is 2.23. The fraction of sp³-hybridized carbons (Fsp3) is 0.500. The van der Waals surface area contributed by atoms with Crippen molar-refractivity contribution in [1.82, 2.24) is 0 Å². The van der Waals surface area contributed by atoms with E-state index in [1.54, 1.807) is 0 Å². The van der Waals surface area contributed by atoms with Crippen LogP contribution in [0.3, 0.4) is 0 Å². The van der Waals surface area contributed by atoms with E-state index in [2.05, 4.69) is 20.8 Å². The molecule has 1 aromatic heterocycles. The summed E-state index contributed by atoms with van der Waals surface area (Å²) in [5.74, 6) is 1.43. The van der Waals surface area contributed by atoms with Gasteiger partial charge in [0.1, 0.15) is 11.3 Å². The van der Waals surface area contributed by atoms with Gasteiger partial charge in [0.05, 0.1) is 18.8 Å². The topological polar surface area (TPSA) is 48.4 Å². The summed E-state index contributed by atoms with van der Waals surface area (Å²) < 4.78 is 11.5. The number of rotatable bonds is 6.